The molecule has 0 fully saturated rings. The van der Waals surface area contributed by atoms with Gasteiger partial charge in [0.2, 0.25) is 10.0 Å². The van der Waals surface area contributed by atoms with Crippen molar-refractivity contribution in [3.8, 4) is 0 Å². The maximum absolute atomic E-state index is 12.3. The first-order chi connectivity index (χ1) is 8.73. The second kappa shape index (κ2) is 6.03. The van der Waals surface area contributed by atoms with Gasteiger partial charge in [-0.2, -0.15) is 4.31 Å². The van der Waals surface area contributed by atoms with Crippen molar-refractivity contribution in [2.45, 2.75) is 38.0 Å². The van der Waals surface area contributed by atoms with Gasteiger partial charge in [-0.1, -0.05) is 39.8 Å². The van der Waals surface area contributed by atoms with Crippen molar-refractivity contribution in [2.24, 2.45) is 0 Å². The zero-order valence-electron chi connectivity index (χ0n) is 12.0. The average Bonchev–Trinajstić information content (AvgIpc) is 2.34. The molecule has 0 aliphatic rings. The van der Waals surface area contributed by atoms with Crippen LogP contribution in [0.3, 0.4) is 0 Å². The van der Waals surface area contributed by atoms with E-state index in [1.165, 1.54) is 4.31 Å². The van der Waals surface area contributed by atoms with Gasteiger partial charge in [0.05, 0.1) is 11.5 Å². The Morgan fingerprint density at radius 3 is 2.05 bits per heavy atom. The lowest BCUT2D eigenvalue weighted by Gasteiger charge is -2.21. The van der Waals surface area contributed by atoms with Crippen LogP contribution in [0.1, 0.15) is 33.3 Å². The predicted molar refractivity (Wildman–Crippen MR) is 76.7 cm³/mol. The molecule has 108 valence electrons. The zero-order valence-corrected chi connectivity index (χ0v) is 12.9. The van der Waals surface area contributed by atoms with Crippen LogP contribution in [-0.4, -0.2) is 37.5 Å². The molecule has 0 spiro atoms. The molecule has 4 nitrogen and oxygen atoms in total. The second-order valence-corrected chi connectivity index (χ2v) is 7.43. The number of aliphatic hydroxyl groups is 1. The van der Waals surface area contributed by atoms with Gasteiger partial charge in [0.1, 0.15) is 0 Å². The lowest BCUT2D eigenvalue weighted by Crippen LogP contribution is -2.33. The van der Waals surface area contributed by atoms with Gasteiger partial charge >= 0.3 is 0 Å². The molecule has 0 unspecified atom stereocenters. The van der Waals surface area contributed by atoms with E-state index >= 15 is 0 Å². The summed E-state index contributed by atoms with van der Waals surface area (Å²) in [5.74, 6) is 0. The van der Waals surface area contributed by atoms with E-state index < -0.39 is 10.0 Å². The molecule has 1 N–H and O–H groups in total. The van der Waals surface area contributed by atoms with Crippen LogP contribution in [0.25, 0.3) is 0 Å². The first-order valence-electron chi connectivity index (χ1n) is 6.45. The Balaban J connectivity index is 3.09. The minimum atomic E-state index is -3.50. The topological polar surface area (TPSA) is 57.6 Å². The summed E-state index contributed by atoms with van der Waals surface area (Å²) in [5.41, 5.74) is 1.09. The molecule has 0 radical (unpaired) electrons. The van der Waals surface area contributed by atoms with Gasteiger partial charge in [-0.15, -0.1) is 0 Å². The van der Waals surface area contributed by atoms with Gasteiger partial charge < -0.3 is 5.11 Å². The van der Waals surface area contributed by atoms with Crippen molar-refractivity contribution in [3.05, 3.63) is 29.8 Å². The Morgan fingerprint density at radius 1 is 1.16 bits per heavy atom. The van der Waals surface area contributed by atoms with Gasteiger partial charge in [-0.25, -0.2) is 8.42 Å². The predicted octanol–water partition coefficient (Wildman–Crippen LogP) is 1.99. The van der Waals surface area contributed by atoms with Crippen LogP contribution in [-0.2, 0) is 15.4 Å². The number of likely N-dealkylation sites (N-methyl/N-ethyl adjacent to an activating group) is 1. The summed E-state index contributed by atoms with van der Waals surface area (Å²) in [5, 5.41) is 8.92. The standard InChI is InChI=1S/C14H23NO3S/c1-5-15(10-11-16)19(17,18)13-8-6-12(7-9-13)14(2,3)4/h6-9,16H,5,10-11H2,1-4H3. The smallest absolute Gasteiger partial charge is 0.243 e. The molecule has 1 aromatic rings. The van der Waals surface area contributed by atoms with Crippen molar-refractivity contribution in [2.75, 3.05) is 19.7 Å². The van der Waals surface area contributed by atoms with Gasteiger partial charge in [-0.3, -0.25) is 0 Å². The fraction of sp³-hybridized carbons (Fsp3) is 0.571. The van der Waals surface area contributed by atoms with Gasteiger partial charge in [0.15, 0.2) is 0 Å². The van der Waals surface area contributed by atoms with Crippen molar-refractivity contribution < 1.29 is 13.5 Å². The minimum absolute atomic E-state index is 0.00215. The van der Waals surface area contributed by atoms with Gasteiger partial charge in [0, 0.05) is 13.1 Å². The van der Waals surface area contributed by atoms with Crippen molar-refractivity contribution >= 4 is 10.0 Å². The highest BCUT2D eigenvalue weighted by molar-refractivity contribution is 7.89. The third-order valence-corrected chi connectivity index (χ3v) is 5.05. The van der Waals surface area contributed by atoms with E-state index in [0.29, 0.717) is 6.54 Å². The SMILES string of the molecule is CCN(CCO)S(=O)(=O)c1ccc(C(C)(C)C)cc1. The largest absolute Gasteiger partial charge is 0.395 e. The Kier molecular flexibility index (Phi) is 5.12. The second-order valence-electron chi connectivity index (χ2n) is 5.49. The fourth-order valence-electron chi connectivity index (χ4n) is 1.84. The highest BCUT2D eigenvalue weighted by atomic mass is 32.2. The van der Waals surface area contributed by atoms with E-state index in [2.05, 4.69) is 20.8 Å². The normalized spacial score (nSPS) is 12.9. The molecule has 0 saturated carbocycles. The van der Waals surface area contributed by atoms with Crippen LogP contribution in [0.5, 0.6) is 0 Å². The molecule has 19 heavy (non-hydrogen) atoms. The zero-order chi connectivity index (χ0) is 14.7. The third-order valence-electron chi connectivity index (χ3n) is 3.06. The van der Waals surface area contributed by atoms with E-state index in [9.17, 15) is 8.42 Å². The van der Waals surface area contributed by atoms with Crippen LogP contribution >= 0.6 is 0 Å². The first-order valence-corrected chi connectivity index (χ1v) is 7.89. The summed E-state index contributed by atoms with van der Waals surface area (Å²) in [6.07, 6.45) is 0. The molecule has 1 aromatic carbocycles. The van der Waals surface area contributed by atoms with Crippen LogP contribution in [0.15, 0.2) is 29.2 Å². The number of sulfonamides is 1. The molecule has 0 aliphatic carbocycles. The van der Waals surface area contributed by atoms with E-state index in [1.807, 2.05) is 12.1 Å². The average molecular weight is 285 g/mol. The molecule has 0 atom stereocenters. The molecule has 0 heterocycles. The van der Waals surface area contributed by atoms with Crippen LogP contribution in [0.2, 0.25) is 0 Å². The summed E-state index contributed by atoms with van der Waals surface area (Å²) < 4.78 is 25.9. The van der Waals surface area contributed by atoms with Crippen molar-refractivity contribution in [3.63, 3.8) is 0 Å². The molecule has 0 amide bonds. The lowest BCUT2D eigenvalue weighted by molar-refractivity contribution is 0.257. The molecular formula is C14H23NO3S. The Labute approximate surface area is 116 Å². The highest BCUT2D eigenvalue weighted by Crippen LogP contribution is 2.24. The van der Waals surface area contributed by atoms with Crippen LogP contribution in [0.4, 0.5) is 0 Å². The maximum atomic E-state index is 12.3. The monoisotopic (exact) mass is 285 g/mol. The minimum Gasteiger partial charge on any atom is -0.395 e. The summed E-state index contributed by atoms with van der Waals surface area (Å²) in [6.45, 7) is 8.31. The Bertz CT molecular complexity index is 500. The van der Waals surface area contributed by atoms with Crippen molar-refractivity contribution in [1.82, 2.24) is 4.31 Å². The summed E-state index contributed by atoms with van der Waals surface area (Å²) in [6, 6.07) is 6.96. The van der Waals surface area contributed by atoms with Crippen LogP contribution in [0, 0.1) is 0 Å². The number of rotatable bonds is 5. The summed E-state index contributed by atoms with van der Waals surface area (Å²) in [4.78, 5) is 0.274. The van der Waals surface area contributed by atoms with E-state index in [-0.39, 0.29) is 23.5 Å². The highest BCUT2D eigenvalue weighted by Gasteiger charge is 2.23. The Hall–Kier alpha value is -0.910. The van der Waals surface area contributed by atoms with Crippen molar-refractivity contribution in [1.29, 1.82) is 0 Å². The quantitative estimate of drug-likeness (QED) is 0.900. The van der Waals surface area contributed by atoms with Crippen LogP contribution < -0.4 is 0 Å². The lowest BCUT2D eigenvalue weighted by atomic mass is 9.87. The third kappa shape index (κ3) is 3.78. The molecule has 0 aromatic heterocycles. The van der Waals surface area contributed by atoms with E-state index in [0.717, 1.165) is 5.56 Å². The molecular weight excluding hydrogens is 262 g/mol. The molecule has 1 rings (SSSR count). The fourth-order valence-corrected chi connectivity index (χ4v) is 3.28. The Morgan fingerprint density at radius 2 is 1.68 bits per heavy atom. The maximum Gasteiger partial charge on any atom is 0.243 e. The van der Waals surface area contributed by atoms with E-state index in [1.54, 1.807) is 19.1 Å². The summed E-state index contributed by atoms with van der Waals surface area (Å²) in [7, 11) is -3.50. The number of aliphatic hydroxyl groups excluding tert-OH is 1. The molecule has 5 heteroatoms. The molecule has 0 saturated heterocycles. The number of nitrogens with zero attached hydrogens (tertiary/aromatic N) is 1. The molecule has 0 aliphatic heterocycles. The van der Waals surface area contributed by atoms with Gasteiger partial charge in [-0.05, 0) is 23.1 Å². The number of hydrogen-bond donors (Lipinski definition) is 1. The number of benzene rings is 1. The van der Waals surface area contributed by atoms with Gasteiger partial charge in [0.25, 0.3) is 0 Å². The van der Waals surface area contributed by atoms with E-state index in [4.69, 9.17) is 5.11 Å². The summed E-state index contributed by atoms with van der Waals surface area (Å²) >= 11 is 0. The first kappa shape index (κ1) is 16.1. The molecule has 0 bridgehead atoms. The number of hydrogen-bond acceptors (Lipinski definition) is 3.